The normalized spacial score (nSPS) is 14.7. The minimum atomic E-state index is -0.186. The van der Waals surface area contributed by atoms with Gasteiger partial charge in [-0.3, -0.25) is 9.80 Å². The van der Waals surface area contributed by atoms with Crippen LogP contribution < -0.4 is 0 Å². The zero-order chi connectivity index (χ0) is 24.1. The van der Waals surface area contributed by atoms with Crippen molar-refractivity contribution in [2.24, 2.45) is 0 Å². The Labute approximate surface area is 203 Å². The maximum atomic E-state index is 12.3. The number of aromatic hydroxyl groups is 2. The Balaban J connectivity index is 0.000000291. The number of phenols is 2. The Bertz CT molecular complexity index is 1200. The molecule has 178 valence electrons. The standard InChI is InChI=1S/C19H21ClN4O2.C7H7F/c20-14-10-18(26)17(25)9-13(14)11-23-5-7-24(8-6-23)12-19-21-15-3-1-2-4-16(15)22-19;1-6-4-2-3-5-7(6)8/h1-4,9-10,25-26H,5-8,11-12H2,(H,21,22);2-5H,1H3. The van der Waals surface area contributed by atoms with E-state index >= 15 is 0 Å². The fourth-order valence-electron chi connectivity index (χ4n) is 3.91. The molecule has 0 saturated carbocycles. The van der Waals surface area contributed by atoms with E-state index < -0.39 is 0 Å². The Hall–Kier alpha value is -3.13. The third-order valence-electron chi connectivity index (χ3n) is 5.89. The first kappa shape index (κ1) is 24.0. The molecule has 1 aliphatic rings. The number of fused-ring (bicyclic) bond motifs is 1. The fraction of sp³-hybridized carbons (Fsp3) is 0.269. The highest BCUT2D eigenvalue weighted by molar-refractivity contribution is 6.31. The number of H-pyrrole nitrogens is 1. The van der Waals surface area contributed by atoms with Gasteiger partial charge in [-0.1, -0.05) is 41.9 Å². The van der Waals surface area contributed by atoms with Gasteiger partial charge in [-0.25, -0.2) is 9.37 Å². The van der Waals surface area contributed by atoms with E-state index in [1.807, 2.05) is 30.3 Å². The van der Waals surface area contributed by atoms with Crippen LogP contribution in [0, 0.1) is 12.7 Å². The first-order chi connectivity index (χ1) is 16.4. The molecule has 0 bridgehead atoms. The summed E-state index contributed by atoms with van der Waals surface area (Å²) in [4.78, 5) is 12.7. The van der Waals surface area contributed by atoms with Gasteiger partial charge in [-0.05, 0) is 42.3 Å². The number of aromatic nitrogens is 2. The molecule has 0 aliphatic carbocycles. The summed E-state index contributed by atoms with van der Waals surface area (Å²) in [5.41, 5.74) is 3.60. The molecule has 2 heterocycles. The van der Waals surface area contributed by atoms with Gasteiger partial charge in [0.25, 0.3) is 0 Å². The van der Waals surface area contributed by atoms with Crippen molar-refractivity contribution in [2.45, 2.75) is 20.0 Å². The van der Waals surface area contributed by atoms with E-state index in [-0.39, 0.29) is 17.3 Å². The van der Waals surface area contributed by atoms with Gasteiger partial charge in [0.1, 0.15) is 11.6 Å². The van der Waals surface area contributed by atoms with Crippen LogP contribution in [0.5, 0.6) is 11.5 Å². The van der Waals surface area contributed by atoms with Crippen LogP contribution in [0.4, 0.5) is 4.39 Å². The van der Waals surface area contributed by atoms with Gasteiger partial charge < -0.3 is 15.2 Å². The molecule has 8 heteroatoms. The summed E-state index contributed by atoms with van der Waals surface area (Å²) in [7, 11) is 0. The van der Waals surface area contributed by atoms with Gasteiger partial charge in [0.05, 0.1) is 17.6 Å². The van der Waals surface area contributed by atoms with E-state index in [2.05, 4.69) is 19.8 Å². The fourth-order valence-corrected chi connectivity index (χ4v) is 4.12. The molecule has 1 aromatic heterocycles. The number of rotatable bonds is 4. The lowest BCUT2D eigenvalue weighted by Gasteiger charge is -2.34. The quantitative estimate of drug-likeness (QED) is 0.354. The second kappa shape index (κ2) is 10.9. The molecule has 4 aromatic rings. The number of benzene rings is 3. The average molecular weight is 483 g/mol. The zero-order valence-electron chi connectivity index (χ0n) is 19.0. The second-order valence-electron chi connectivity index (χ2n) is 8.43. The predicted molar refractivity (Wildman–Crippen MR) is 133 cm³/mol. The maximum absolute atomic E-state index is 12.3. The minimum absolute atomic E-state index is 0.132. The Kier molecular flexibility index (Phi) is 7.67. The predicted octanol–water partition coefficient (Wildman–Crippen LogP) is 5.08. The zero-order valence-corrected chi connectivity index (χ0v) is 19.8. The first-order valence-corrected chi connectivity index (χ1v) is 11.6. The van der Waals surface area contributed by atoms with Crippen molar-refractivity contribution in [3.63, 3.8) is 0 Å². The van der Waals surface area contributed by atoms with Gasteiger partial charge in [-0.15, -0.1) is 0 Å². The highest BCUT2D eigenvalue weighted by Gasteiger charge is 2.19. The number of para-hydroxylation sites is 2. The molecule has 0 amide bonds. The van der Waals surface area contributed by atoms with Crippen LogP contribution in [0.3, 0.4) is 0 Å². The monoisotopic (exact) mass is 482 g/mol. The molecule has 0 atom stereocenters. The van der Waals surface area contributed by atoms with Crippen LogP contribution >= 0.6 is 11.6 Å². The Morgan fingerprint density at radius 1 is 0.912 bits per heavy atom. The lowest BCUT2D eigenvalue weighted by atomic mass is 10.1. The number of aromatic amines is 1. The van der Waals surface area contributed by atoms with Gasteiger partial charge in [0.2, 0.25) is 0 Å². The van der Waals surface area contributed by atoms with Crippen LogP contribution in [0.1, 0.15) is 17.0 Å². The Morgan fingerprint density at radius 3 is 2.18 bits per heavy atom. The van der Waals surface area contributed by atoms with Crippen molar-refractivity contribution in [1.82, 2.24) is 19.8 Å². The molecule has 34 heavy (non-hydrogen) atoms. The van der Waals surface area contributed by atoms with E-state index in [9.17, 15) is 14.6 Å². The molecule has 0 radical (unpaired) electrons. The molecule has 6 nitrogen and oxygen atoms in total. The number of nitrogens with zero attached hydrogens (tertiary/aromatic N) is 3. The first-order valence-electron chi connectivity index (χ1n) is 11.2. The molecule has 0 spiro atoms. The maximum Gasteiger partial charge on any atom is 0.158 e. The number of hydrogen-bond donors (Lipinski definition) is 3. The van der Waals surface area contributed by atoms with Crippen molar-refractivity contribution in [3.05, 3.63) is 88.5 Å². The summed E-state index contributed by atoms with van der Waals surface area (Å²) in [5, 5.41) is 19.6. The second-order valence-corrected chi connectivity index (χ2v) is 8.84. The van der Waals surface area contributed by atoms with Crippen LogP contribution in [-0.2, 0) is 13.1 Å². The van der Waals surface area contributed by atoms with Crippen molar-refractivity contribution in [1.29, 1.82) is 0 Å². The molecule has 1 fully saturated rings. The Morgan fingerprint density at radius 2 is 1.53 bits per heavy atom. The molecule has 1 saturated heterocycles. The molecule has 3 N–H and O–H groups in total. The van der Waals surface area contributed by atoms with E-state index in [0.717, 1.165) is 55.1 Å². The van der Waals surface area contributed by atoms with Crippen molar-refractivity contribution in [2.75, 3.05) is 26.2 Å². The summed E-state index contributed by atoms with van der Waals surface area (Å²) in [6.07, 6.45) is 0. The summed E-state index contributed by atoms with van der Waals surface area (Å²) < 4.78 is 12.3. The highest BCUT2D eigenvalue weighted by atomic mass is 35.5. The van der Waals surface area contributed by atoms with E-state index in [1.165, 1.54) is 12.1 Å². The van der Waals surface area contributed by atoms with Crippen LogP contribution in [0.15, 0.2) is 60.7 Å². The van der Waals surface area contributed by atoms with Gasteiger partial charge >= 0.3 is 0 Å². The largest absolute Gasteiger partial charge is 0.504 e. The number of hydrogen-bond acceptors (Lipinski definition) is 5. The van der Waals surface area contributed by atoms with E-state index in [1.54, 1.807) is 25.1 Å². The van der Waals surface area contributed by atoms with Crippen molar-refractivity contribution >= 4 is 22.6 Å². The number of piperazine rings is 1. The number of imidazole rings is 1. The molecule has 0 unspecified atom stereocenters. The molecule has 1 aliphatic heterocycles. The summed E-state index contributed by atoms with van der Waals surface area (Å²) in [5.74, 6) is 0.543. The number of phenolic OH excluding ortho intramolecular Hbond substituents is 2. The molecular weight excluding hydrogens is 455 g/mol. The van der Waals surface area contributed by atoms with Gasteiger partial charge in [0, 0.05) is 43.8 Å². The van der Waals surface area contributed by atoms with Crippen LogP contribution in [0.2, 0.25) is 5.02 Å². The lowest BCUT2D eigenvalue weighted by molar-refractivity contribution is 0.120. The van der Waals surface area contributed by atoms with Crippen LogP contribution in [-0.4, -0.2) is 56.2 Å². The number of nitrogens with one attached hydrogen (secondary N) is 1. The topological polar surface area (TPSA) is 75.6 Å². The highest BCUT2D eigenvalue weighted by Crippen LogP contribution is 2.32. The van der Waals surface area contributed by atoms with E-state index in [4.69, 9.17) is 11.6 Å². The minimum Gasteiger partial charge on any atom is -0.504 e. The molecule has 3 aromatic carbocycles. The third kappa shape index (κ3) is 6.05. The van der Waals surface area contributed by atoms with Crippen molar-refractivity contribution < 1.29 is 14.6 Å². The van der Waals surface area contributed by atoms with Crippen molar-refractivity contribution in [3.8, 4) is 11.5 Å². The third-order valence-corrected chi connectivity index (χ3v) is 6.24. The van der Waals surface area contributed by atoms with Crippen LogP contribution in [0.25, 0.3) is 11.0 Å². The smallest absolute Gasteiger partial charge is 0.158 e. The van der Waals surface area contributed by atoms with E-state index in [0.29, 0.717) is 17.1 Å². The van der Waals surface area contributed by atoms with Gasteiger partial charge in [-0.2, -0.15) is 0 Å². The number of aryl methyl sites for hydroxylation is 1. The van der Waals surface area contributed by atoms with Gasteiger partial charge in [0.15, 0.2) is 11.5 Å². The SMILES string of the molecule is Cc1ccccc1F.Oc1cc(Cl)c(CN2CCN(Cc3nc4ccccc4[nH]3)CC2)cc1O. The summed E-state index contributed by atoms with van der Waals surface area (Å²) in [6.45, 7) is 6.93. The lowest BCUT2D eigenvalue weighted by Crippen LogP contribution is -2.45. The molecular formula is C26H28ClFN4O2. The number of halogens is 2. The summed E-state index contributed by atoms with van der Waals surface area (Å²) >= 11 is 6.17. The average Bonchev–Trinajstić information content (AvgIpc) is 3.23. The molecule has 5 rings (SSSR count). The summed E-state index contributed by atoms with van der Waals surface area (Å²) in [6, 6.07) is 17.7.